The minimum Gasteiger partial charge on any atom is -0.494 e. The van der Waals surface area contributed by atoms with Crippen molar-refractivity contribution in [3.8, 4) is 5.75 Å². The molecule has 0 unspecified atom stereocenters. The van der Waals surface area contributed by atoms with Crippen molar-refractivity contribution in [1.29, 1.82) is 0 Å². The standard InChI is InChI=1S/C18H21N5O2S/c1-12-11-21(2)20-15(12)17(24)22-7-9-23(10-8-22)18-19-16-13(25-3)5-4-6-14(16)26-18/h4-6,11H,7-10H2,1-3H3. The molecule has 3 heterocycles. The first kappa shape index (κ1) is 16.8. The number of anilines is 1. The molecule has 0 radical (unpaired) electrons. The smallest absolute Gasteiger partial charge is 0.274 e. The Morgan fingerprint density at radius 1 is 1.23 bits per heavy atom. The average Bonchev–Trinajstić information content (AvgIpc) is 3.23. The van der Waals surface area contributed by atoms with Crippen LogP contribution in [0.3, 0.4) is 0 Å². The van der Waals surface area contributed by atoms with E-state index in [1.807, 2.05) is 37.2 Å². The molecule has 3 aromatic rings. The van der Waals surface area contributed by atoms with Crippen LogP contribution >= 0.6 is 11.3 Å². The predicted octanol–water partition coefficient (Wildman–Crippen LogP) is 2.31. The van der Waals surface area contributed by atoms with Gasteiger partial charge in [-0.15, -0.1) is 0 Å². The van der Waals surface area contributed by atoms with Gasteiger partial charge in [0.1, 0.15) is 11.3 Å². The van der Waals surface area contributed by atoms with Crippen LogP contribution in [0.1, 0.15) is 16.1 Å². The molecule has 26 heavy (non-hydrogen) atoms. The summed E-state index contributed by atoms with van der Waals surface area (Å²) in [6, 6.07) is 5.97. The molecular weight excluding hydrogens is 350 g/mol. The highest BCUT2D eigenvalue weighted by molar-refractivity contribution is 7.22. The number of nitrogens with zero attached hydrogens (tertiary/aromatic N) is 5. The number of fused-ring (bicyclic) bond motifs is 1. The number of para-hydroxylation sites is 1. The summed E-state index contributed by atoms with van der Waals surface area (Å²) in [7, 11) is 3.50. The lowest BCUT2D eigenvalue weighted by molar-refractivity contribution is 0.0739. The van der Waals surface area contributed by atoms with Gasteiger partial charge in [-0.1, -0.05) is 17.4 Å². The first-order valence-electron chi connectivity index (χ1n) is 8.55. The van der Waals surface area contributed by atoms with E-state index in [0.717, 1.165) is 39.8 Å². The van der Waals surface area contributed by atoms with Crippen LogP contribution in [0.4, 0.5) is 5.13 Å². The fourth-order valence-corrected chi connectivity index (χ4v) is 4.32. The summed E-state index contributed by atoms with van der Waals surface area (Å²) in [5.41, 5.74) is 2.36. The van der Waals surface area contributed by atoms with E-state index in [9.17, 15) is 4.79 Å². The molecule has 136 valence electrons. The van der Waals surface area contributed by atoms with E-state index >= 15 is 0 Å². The third-order valence-corrected chi connectivity index (χ3v) is 5.72. The van der Waals surface area contributed by atoms with Crippen molar-refractivity contribution in [3.05, 3.63) is 35.7 Å². The van der Waals surface area contributed by atoms with Crippen LogP contribution in [0.25, 0.3) is 10.2 Å². The minimum absolute atomic E-state index is 0.00807. The van der Waals surface area contributed by atoms with Gasteiger partial charge in [0.05, 0.1) is 11.8 Å². The Kier molecular flexibility index (Phi) is 4.28. The molecule has 1 saturated heterocycles. The normalized spacial score (nSPS) is 14.9. The molecule has 0 bridgehead atoms. The van der Waals surface area contributed by atoms with Crippen molar-refractivity contribution < 1.29 is 9.53 Å². The Morgan fingerprint density at radius 2 is 2.00 bits per heavy atom. The quantitative estimate of drug-likeness (QED) is 0.707. The Morgan fingerprint density at radius 3 is 2.65 bits per heavy atom. The Balaban J connectivity index is 1.48. The third kappa shape index (κ3) is 2.90. The van der Waals surface area contributed by atoms with Crippen molar-refractivity contribution in [1.82, 2.24) is 19.7 Å². The third-order valence-electron chi connectivity index (χ3n) is 4.64. The maximum Gasteiger partial charge on any atom is 0.274 e. The van der Waals surface area contributed by atoms with Crippen LogP contribution in [0.2, 0.25) is 0 Å². The number of aryl methyl sites for hydroxylation is 2. The lowest BCUT2D eigenvalue weighted by atomic mass is 10.2. The molecule has 0 N–H and O–H groups in total. The van der Waals surface area contributed by atoms with Gasteiger partial charge in [-0.2, -0.15) is 5.10 Å². The fourth-order valence-electron chi connectivity index (χ4n) is 3.28. The lowest BCUT2D eigenvalue weighted by Crippen LogP contribution is -2.49. The van der Waals surface area contributed by atoms with Gasteiger partial charge in [0.2, 0.25) is 0 Å². The number of hydrogen-bond donors (Lipinski definition) is 0. The van der Waals surface area contributed by atoms with Gasteiger partial charge in [-0.25, -0.2) is 4.98 Å². The van der Waals surface area contributed by atoms with E-state index < -0.39 is 0 Å². The second-order valence-corrected chi connectivity index (χ2v) is 7.43. The molecule has 0 aliphatic carbocycles. The maximum atomic E-state index is 12.7. The van der Waals surface area contributed by atoms with Crippen LogP contribution in [0.5, 0.6) is 5.75 Å². The summed E-state index contributed by atoms with van der Waals surface area (Å²) in [6.07, 6.45) is 1.87. The van der Waals surface area contributed by atoms with Gasteiger partial charge in [0.25, 0.3) is 5.91 Å². The largest absolute Gasteiger partial charge is 0.494 e. The number of thiazole rings is 1. The Hall–Kier alpha value is -2.61. The summed E-state index contributed by atoms with van der Waals surface area (Å²) < 4.78 is 8.20. The van der Waals surface area contributed by atoms with Gasteiger partial charge in [0.15, 0.2) is 10.8 Å². The van der Waals surface area contributed by atoms with Crippen LogP contribution in [0.15, 0.2) is 24.4 Å². The van der Waals surface area contributed by atoms with E-state index in [1.54, 1.807) is 23.1 Å². The zero-order valence-electron chi connectivity index (χ0n) is 15.1. The number of hydrogen-bond acceptors (Lipinski definition) is 6. The summed E-state index contributed by atoms with van der Waals surface area (Å²) in [5, 5.41) is 5.28. The number of carbonyl (C=O) groups is 1. The highest BCUT2D eigenvalue weighted by Crippen LogP contribution is 2.34. The Labute approximate surface area is 155 Å². The van der Waals surface area contributed by atoms with Crippen molar-refractivity contribution in [2.24, 2.45) is 7.05 Å². The average molecular weight is 371 g/mol. The SMILES string of the molecule is COc1cccc2sc(N3CCN(C(=O)c4nn(C)cc4C)CC3)nc12. The van der Waals surface area contributed by atoms with E-state index in [2.05, 4.69) is 16.1 Å². The number of aromatic nitrogens is 3. The van der Waals surface area contributed by atoms with Crippen LogP contribution in [-0.2, 0) is 7.05 Å². The zero-order valence-corrected chi connectivity index (χ0v) is 15.9. The number of rotatable bonds is 3. The maximum absolute atomic E-state index is 12.7. The van der Waals surface area contributed by atoms with E-state index in [4.69, 9.17) is 9.72 Å². The molecule has 0 spiro atoms. The van der Waals surface area contributed by atoms with Crippen molar-refractivity contribution in [2.45, 2.75) is 6.92 Å². The Bertz CT molecular complexity index is 956. The first-order chi connectivity index (χ1) is 12.6. The van der Waals surface area contributed by atoms with Crippen molar-refractivity contribution in [2.75, 3.05) is 38.2 Å². The van der Waals surface area contributed by atoms with Crippen molar-refractivity contribution in [3.63, 3.8) is 0 Å². The predicted molar refractivity (Wildman–Crippen MR) is 102 cm³/mol. The molecule has 1 aromatic carbocycles. The summed E-state index contributed by atoms with van der Waals surface area (Å²) in [6.45, 7) is 4.79. The van der Waals surface area contributed by atoms with Gasteiger partial charge >= 0.3 is 0 Å². The molecule has 1 amide bonds. The number of ether oxygens (including phenoxy) is 1. The molecule has 2 aromatic heterocycles. The summed E-state index contributed by atoms with van der Waals surface area (Å²) >= 11 is 1.66. The number of methoxy groups -OCH3 is 1. The van der Waals surface area contributed by atoms with Gasteiger partial charge in [0, 0.05) is 45.0 Å². The van der Waals surface area contributed by atoms with Crippen LogP contribution < -0.4 is 9.64 Å². The summed E-state index contributed by atoms with van der Waals surface area (Å²) in [4.78, 5) is 21.6. The molecule has 1 fully saturated rings. The molecule has 7 nitrogen and oxygen atoms in total. The first-order valence-corrected chi connectivity index (χ1v) is 9.36. The number of carbonyl (C=O) groups excluding carboxylic acids is 1. The highest BCUT2D eigenvalue weighted by Gasteiger charge is 2.26. The molecule has 0 saturated carbocycles. The van der Waals surface area contributed by atoms with Gasteiger partial charge in [-0.05, 0) is 19.1 Å². The minimum atomic E-state index is 0.00807. The van der Waals surface area contributed by atoms with Gasteiger partial charge in [-0.3, -0.25) is 9.48 Å². The van der Waals surface area contributed by atoms with Crippen LogP contribution in [-0.4, -0.2) is 58.9 Å². The monoisotopic (exact) mass is 371 g/mol. The van der Waals surface area contributed by atoms with Gasteiger partial charge < -0.3 is 14.5 Å². The molecule has 8 heteroatoms. The number of benzene rings is 1. The molecule has 1 aliphatic heterocycles. The molecule has 4 rings (SSSR count). The lowest BCUT2D eigenvalue weighted by Gasteiger charge is -2.34. The fraction of sp³-hybridized carbons (Fsp3) is 0.389. The van der Waals surface area contributed by atoms with E-state index in [0.29, 0.717) is 18.8 Å². The molecule has 0 atom stereocenters. The van der Waals surface area contributed by atoms with E-state index in [1.165, 1.54) is 0 Å². The number of piperazine rings is 1. The summed E-state index contributed by atoms with van der Waals surface area (Å²) in [5.74, 6) is 0.804. The topological polar surface area (TPSA) is 63.5 Å². The molecule has 1 aliphatic rings. The van der Waals surface area contributed by atoms with E-state index in [-0.39, 0.29) is 5.91 Å². The second-order valence-electron chi connectivity index (χ2n) is 6.42. The highest BCUT2D eigenvalue weighted by atomic mass is 32.1. The van der Waals surface area contributed by atoms with Crippen molar-refractivity contribution >= 4 is 32.6 Å². The van der Waals surface area contributed by atoms with Crippen LogP contribution in [0, 0.1) is 6.92 Å². The molecular formula is C18H21N5O2S. The number of amides is 1. The zero-order chi connectivity index (χ0) is 18.3. The second kappa shape index (κ2) is 6.60.